The molecule has 1 aliphatic rings. The van der Waals surface area contributed by atoms with E-state index in [1.165, 1.54) is 0 Å². The zero-order valence-corrected chi connectivity index (χ0v) is 13.8. The topological polar surface area (TPSA) is 101 Å². The highest BCUT2D eigenvalue weighted by Gasteiger charge is 2.23. The first-order valence-corrected chi connectivity index (χ1v) is 8.10. The number of nitrogens with zero attached hydrogens (tertiary/aromatic N) is 3. The van der Waals surface area contributed by atoms with Crippen molar-refractivity contribution in [3.63, 3.8) is 0 Å². The molecule has 7 nitrogen and oxygen atoms in total. The Bertz CT molecular complexity index is 561. The molecule has 1 aliphatic heterocycles. The Hall–Kier alpha value is -2.02. The monoisotopic (exact) mass is 319 g/mol. The molecule has 0 saturated carbocycles. The molecule has 23 heavy (non-hydrogen) atoms. The van der Waals surface area contributed by atoms with E-state index in [0.29, 0.717) is 31.2 Å². The normalized spacial score (nSPS) is 18.8. The van der Waals surface area contributed by atoms with Crippen LogP contribution in [-0.4, -0.2) is 52.9 Å². The fourth-order valence-corrected chi connectivity index (χ4v) is 2.69. The third-order valence-corrected chi connectivity index (χ3v) is 4.04. The van der Waals surface area contributed by atoms with Crippen molar-refractivity contribution in [3.05, 3.63) is 23.8 Å². The lowest BCUT2D eigenvalue weighted by molar-refractivity contribution is -0.123. The Morgan fingerprint density at radius 2 is 2.26 bits per heavy atom. The molecule has 7 heteroatoms. The first kappa shape index (κ1) is 17.3. The smallest absolute Gasteiger partial charge is 0.270 e. The van der Waals surface area contributed by atoms with E-state index in [0.717, 1.165) is 19.4 Å². The molecule has 1 aromatic rings. The first-order chi connectivity index (χ1) is 11.0. The van der Waals surface area contributed by atoms with Crippen molar-refractivity contribution in [2.75, 3.05) is 26.2 Å². The number of piperidine rings is 1. The van der Waals surface area contributed by atoms with Gasteiger partial charge in [-0.25, -0.2) is 9.97 Å². The maximum atomic E-state index is 12.1. The Morgan fingerprint density at radius 1 is 1.48 bits per heavy atom. The van der Waals surface area contributed by atoms with E-state index in [1.807, 2.05) is 13.8 Å². The molecule has 3 N–H and O–H groups in total. The molecule has 2 amide bonds. The molecule has 2 rings (SSSR count). The number of nitrogens with two attached hydrogens (primary N) is 1. The molecule has 0 spiro atoms. The van der Waals surface area contributed by atoms with Crippen LogP contribution in [0.3, 0.4) is 0 Å². The van der Waals surface area contributed by atoms with E-state index >= 15 is 0 Å². The zero-order chi connectivity index (χ0) is 16.8. The molecular formula is C16H25N5O2. The van der Waals surface area contributed by atoms with Crippen molar-refractivity contribution in [3.8, 4) is 0 Å². The van der Waals surface area contributed by atoms with Crippen molar-refractivity contribution in [2.45, 2.75) is 32.6 Å². The second-order valence-electron chi connectivity index (χ2n) is 6.25. The second kappa shape index (κ2) is 8.01. The van der Waals surface area contributed by atoms with E-state index in [2.05, 4.69) is 20.2 Å². The van der Waals surface area contributed by atoms with Gasteiger partial charge in [0, 0.05) is 31.7 Å². The second-order valence-corrected chi connectivity index (χ2v) is 6.25. The average Bonchev–Trinajstić information content (AvgIpc) is 2.55. The molecule has 1 fully saturated rings. The molecule has 0 unspecified atom stereocenters. The van der Waals surface area contributed by atoms with Crippen LogP contribution < -0.4 is 11.1 Å². The van der Waals surface area contributed by atoms with Gasteiger partial charge in [-0.15, -0.1) is 0 Å². The summed E-state index contributed by atoms with van der Waals surface area (Å²) in [6.07, 6.45) is 3.43. The van der Waals surface area contributed by atoms with Crippen LogP contribution in [-0.2, 0) is 4.79 Å². The summed E-state index contributed by atoms with van der Waals surface area (Å²) in [5, 5.41) is 2.87. The van der Waals surface area contributed by atoms with Crippen LogP contribution in [0.1, 0.15) is 48.9 Å². The Labute approximate surface area is 136 Å². The summed E-state index contributed by atoms with van der Waals surface area (Å²) in [5.74, 6) is 0.341. The number of hydrogen-bond acceptors (Lipinski definition) is 5. The number of carbonyl (C=O) groups is 2. The summed E-state index contributed by atoms with van der Waals surface area (Å²) in [6.45, 7) is 6.81. The third kappa shape index (κ3) is 4.99. The summed E-state index contributed by atoms with van der Waals surface area (Å²) in [4.78, 5) is 34.0. The van der Waals surface area contributed by atoms with Crippen LogP contribution in [0.15, 0.2) is 12.3 Å². The van der Waals surface area contributed by atoms with Crippen LogP contribution in [0.5, 0.6) is 0 Å². The van der Waals surface area contributed by atoms with Crippen molar-refractivity contribution in [1.82, 2.24) is 20.2 Å². The van der Waals surface area contributed by atoms with Crippen LogP contribution in [0.2, 0.25) is 0 Å². The summed E-state index contributed by atoms with van der Waals surface area (Å²) in [7, 11) is 0. The summed E-state index contributed by atoms with van der Waals surface area (Å²) >= 11 is 0. The molecule has 0 aliphatic carbocycles. The molecule has 2 heterocycles. The van der Waals surface area contributed by atoms with Crippen LogP contribution in [0.25, 0.3) is 0 Å². The number of rotatable bonds is 6. The molecular weight excluding hydrogens is 294 g/mol. The predicted octanol–water partition coefficient (Wildman–Crippen LogP) is 0.527. The zero-order valence-electron chi connectivity index (χ0n) is 13.8. The van der Waals surface area contributed by atoms with Gasteiger partial charge in [0.2, 0.25) is 5.91 Å². The van der Waals surface area contributed by atoms with Gasteiger partial charge in [-0.3, -0.25) is 9.59 Å². The Balaban J connectivity index is 1.80. The lowest BCUT2D eigenvalue weighted by Crippen LogP contribution is -2.44. The SMILES string of the molecule is CC(C)c1nccc(C(=O)NCCN2CCC[C@H](C(N)=O)C2)n1. The number of amides is 2. The summed E-state index contributed by atoms with van der Waals surface area (Å²) in [6, 6.07) is 1.62. The first-order valence-electron chi connectivity index (χ1n) is 8.10. The fraction of sp³-hybridized carbons (Fsp3) is 0.625. The van der Waals surface area contributed by atoms with Gasteiger partial charge >= 0.3 is 0 Å². The van der Waals surface area contributed by atoms with Gasteiger partial charge in [0.15, 0.2) is 0 Å². The van der Waals surface area contributed by atoms with Gasteiger partial charge < -0.3 is 16.0 Å². The summed E-state index contributed by atoms with van der Waals surface area (Å²) in [5.41, 5.74) is 5.76. The van der Waals surface area contributed by atoms with Gasteiger partial charge in [-0.2, -0.15) is 0 Å². The van der Waals surface area contributed by atoms with Gasteiger partial charge in [0.05, 0.1) is 5.92 Å². The highest BCUT2D eigenvalue weighted by Crippen LogP contribution is 2.15. The number of hydrogen-bond donors (Lipinski definition) is 2. The minimum absolute atomic E-state index is 0.0742. The van der Waals surface area contributed by atoms with Gasteiger partial charge in [-0.05, 0) is 25.5 Å². The fourth-order valence-electron chi connectivity index (χ4n) is 2.69. The van der Waals surface area contributed by atoms with E-state index in [4.69, 9.17) is 5.73 Å². The molecule has 0 aromatic carbocycles. The Morgan fingerprint density at radius 3 is 2.96 bits per heavy atom. The lowest BCUT2D eigenvalue weighted by atomic mass is 9.97. The van der Waals surface area contributed by atoms with Crippen molar-refractivity contribution >= 4 is 11.8 Å². The standard InChI is InChI=1S/C16H25N5O2/c1-11(2)15-18-6-5-13(20-15)16(23)19-7-9-21-8-3-4-12(10-21)14(17)22/h5-6,11-12H,3-4,7-10H2,1-2H3,(H2,17,22)(H,19,23)/t12-/m0/s1. The largest absolute Gasteiger partial charge is 0.369 e. The van der Waals surface area contributed by atoms with E-state index in [1.54, 1.807) is 12.3 Å². The van der Waals surface area contributed by atoms with Crippen LogP contribution in [0.4, 0.5) is 0 Å². The van der Waals surface area contributed by atoms with Gasteiger partial charge in [-0.1, -0.05) is 13.8 Å². The van der Waals surface area contributed by atoms with Gasteiger partial charge in [0.1, 0.15) is 11.5 Å². The van der Waals surface area contributed by atoms with Crippen molar-refractivity contribution in [2.24, 2.45) is 11.7 Å². The van der Waals surface area contributed by atoms with E-state index in [-0.39, 0.29) is 23.7 Å². The number of carbonyl (C=O) groups excluding carboxylic acids is 2. The number of primary amides is 1. The minimum atomic E-state index is -0.235. The summed E-state index contributed by atoms with van der Waals surface area (Å²) < 4.78 is 0. The Kier molecular flexibility index (Phi) is 6.04. The quantitative estimate of drug-likeness (QED) is 0.796. The molecule has 0 radical (unpaired) electrons. The molecule has 1 aromatic heterocycles. The minimum Gasteiger partial charge on any atom is -0.369 e. The molecule has 126 valence electrons. The van der Waals surface area contributed by atoms with Crippen molar-refractivity contribution in [1.29, 1.82) is 0 Å². The highest BCUT2D eigenvalue weighted by atomic mass is 16.2. The lowest BCUT2D eigenvalue weighted by Gasteiger charge is -2.31. The van der Waals surface area contributed by atoms with Crippen LogP contribution in [0, 0.1) is 5.92 Å². The highest BCUT2D eigenvalue weighted by molar-refractivity contribution is 5.92. The maximum absolute atomic E-state index is 12.1. The molecule has 0 bridgehead atoms. The van der Waals surface area contributed by atoms with E-state index < -0.39 is 0 Å². The number of aromatic nitrogens is 2. The molecule has 1 saturated heterocycles. The van der Waals surface area contributed by atoms with Crippen molar-refractivity contribution < 1.29 is 9.59 Å². The number of nitrogens with one attached hydrogen (secondary N) is 1. The molecule has 1 atom stereocenters. The van der Waals surface area contributed by atoms with Gasteiger partial charge in [0.25, 0.3) is 5.91 Å². The van der Waals surface area contributed by atoms with Crippen LogP contribution >= 0.6 is 0 Å². The third-order valence-electron chi connectivity index (χ3n) is 4.04. The number of likely N-dealkylation sites (tertiary alicyclic amines) is 1. The predicted molar refractivity (Wildman–Crippen MR) is 86.8 cm³/mol. The maximum Gasteiger partial charge on any atom is 0.270 e. The average molecular weight is 319 g/mol. The van der Waals surface area contributed by atoms with E-state index in [9.17, 15) is 9.59 Å².